The van der Waals surface area contributed by atoms with Crippen LogP contribution < -0.4 is 11.1 Å². The van der Waals surface area contributed by atoms with Crippen LogP contribution in [0.25, 0.3) is 0 Å². The van der Waals surface area contributed by atoms with Crippen molar-refractivity contribution in [1.82, 2.24) is 10.2 Å². The molecule has 1 saturated heterocycles. The molecule has 0 bridgehead atoms. The third-order valence-corrected chi connectivity index (χ3v) is 3.24. The summed E-state index contributed by atoms with van der Waals surface area (Å²) in [7, 11) is 0. The first kappa shape index (κ1) is 12.9. The third-order valence-electron chi connectivity index (χ3n) is 3.24. The summed E-state index contributed by atoms with van der Waals surface area (Å²) in [5.74, 6) is -0.295. The van der Waals surface area contributed by atoms with Gasteiger partial charge in [-0.05, 0) is 19.0 Å². The molecular weight excluding hydrogens is 230 g/mol. The fraction of sp³-hybridized carbons (Fsp3) is 0.462. The van der Waals surface area contributed by atoms with Crippen LogP contribution in [0.15, 0.2) is 24.3 Å². The zero-order chi connectivity index (χ0) is 13.0. The highest BCUT2D eigenvalue weighted by Gasteiger charge is 2.28. The summed E-state index contributed by atoms with van der Waals surface area (Å²) in [5, 5.41) is 13.2. The van der Waals surface area contributed by atoms with Crippen molar-refractivity contribution in [1.29, 1.82) is 0 Å². The number of hydrogen-bond acceptors (Lipinski definition) is 4. The van der Waals surface area contributed by atoms with Gasteiger partial charge in [0.15, 0.2) is 0 Å². The van der Waals surface area contributed by atoms with E-state index in [1.54, 1.807) is 24.3 Å². The van der Waals surface area contributed by atoms with Gasteiger partial charge in [-0.2, -0.15) is 0 Å². The van der Waals surface area contributed by atoms with E-state index in [-0.39, 0.29) is 5.75 Å². The lowest BCUT2D eigenvalue weighted by Crippen LogP contribution is -2.39. The highest BCUT2D eigenvalue weighted by atomic mass is 16.3. The molecule has 0 spiro atoms. The lowest BCUT2D eigenvalue weighted by Gasteiger charge is -2.28. The number of amides is 1. The van der Waals surface area contributed by atoms with E-state index in [9.17, 15) is 9.90 Å². The van der Waals surface area contributed by atoms with Crippen molar-refractivity contribution in [3.8, 4) is 5.75 Å². The van der Waals surface area contributed by atoms with E-state index < -0.39 is 11.9 Å². The fourth-order valence-electron chi connectivity index (χ4n) is 2.37. The first-order chi connectivity index (χ1) is 8.70. The Morgan fingerprint density at radius 2 is 2.11 bits per heavy atom. The van der Waals surface area contributed by atoms with Crippen molar-refractivity contribution < 1.29 is 9.90 Å². The lowest BCUT2D eigenvalue weighted by molar-refractivity contribution is -0.123. The van der Waals surface area contributed by atoms with E-state index in [2.05, 4.69) is 5.32 Å². The molecule has 1 heterocycles. The second-order valence-corrected chi connectivity index (χ2v) is 4.50. The van der Waals surface area contributed by atoms with Crippen molar-refractivity contribution in [2.45, 2.75) is 12.5 Å². The summed E-state index contributed by atoms with van der Waals surface area (Å²) in [6.07, 6.45) is 0.970. The molecule has 1 aromatic carbocycles. The predicted molar refractivity (Wildman–Crippen MR) is 69.1 cm³/mol. The number of primary amides is 1. The monoisotopic (exact) mass is 249 g/mol. The summed E-state index contributed by atoms with van der Waals surface area (Å²) in [5.41, 5.74) is 6.10. The Morgan fingerprint density at radius 1 is 1.33 bits per heavy atom. The minimum absolute atomic E-state index is 0.124. The van der Waals surface area contributed by atoms with Crippen LogP contribution >= 0.6 is 0 Å². The molecule has 1 aliphatic rings. The highest BCUT2D eigenvalue weighted by molar-refractivity contribution is 5.82. The molecule has 2 rings (SSSR count). The summed E-state index contributed by atoms with van der Waals surface area (Å²) >= 11 is 0. The molecule has 0 aromatic heterocycles. The number of nitrogens with two attached hydrogens (primary N) is 1. The van der Waals surface area contributed by atoms with Crippen LogP contribution in [-0.4, -0.2) is 42.1 Å². The molecule has 98 valence electrons. The van der Waals surface area contributed by atoms with Gasteiger partial charge in [0.1, 0.15) is 11.8 Å². The zero-order valence-corrected chi connectivity index (χ0v) is 10.3. The number of aromatic hydroxyl groups is 1. The second-order valence-electron chi connectivity index (χ2n) is 4.50. The molecule has 5 nitrogen and oxygen atoms in total. The Labute approximate surface area is 107 Å². The fourth-order valence-corrected chi connectivity index (χ4v) is 2.37. The van der Waals surface area contributed by atoms with Gasteiger partial charge in [-0.1, -0.05) is 18.2 Å². The third kappa shape index (κ3) is 2.80. The molecule has 1 aliphatic heterocycles. The summed E-state index contributed by atoms with van der Waals surface area (Å²) in [4.78, 5) is 13.7. The van der Waals surface area contributed by atoms with Gasteiger partial charge in [0.2, 0.25) is 5.91 Å². The van der Waals surface area contributed by atoms with Gasteiger partial charge in [0.05, 0.1) is 0 Å². The Hall–Kier alpha value is -1.59. The van der Waals surface area contributed by atoms with E-state index >= 15 is 0 Å². The minimum atomic E-state index is -0.550. The smallest absolute Gasteiger partial charge is 0.239 e. The molecule has 4 N–H and O–H groups in total. The molecule has 1 aromatic rings. The van der Waals surface area contributed by atoms with Crippen LogP contribution in [0.5, 0.6) is 5.75 Å². The van der Waals surface area contributed by atoms with Crippen LogP contribution in [0.4, 0.5) is 0 Å². The van der Waals surface area contributed by atoms with Gasteiger partial charge in [-0.25, -0.2) is 0 Å². The Morgan fingerprint density at radius 3 is 2.83 bits per heavy atom. The number of rotatable bonds is 3. The minimum Gasteiger partial charge on any atom is -0.508 e. The average molecular weight is 249 g/mol. The molecule has 0 radical (unpaired) electrons. The number of para-hydroxylation sites is 1. The summed E-state index contributed by atoms with van der Waals surface area (Å²) in [6, 6.07) is 6.33. The van der Waals surface area contributed by atoms with Gasteiger partial charge < -0.3 is 16.2 Å². The van der Waals surface area contributed by atoms with Gasteiger partial charge >= 0.3 is 0 Å². The van der Waals surface area contributed by atoms with Gasteiger partial charge in [0, 0.05) is 25.2 Å². The maximum atomic E-state index is 11.7. The van der Waals surface area contributed by atoms with Crippen LogP contribution in [-0.2, 0) is 4.79 Å². The van der Waals surface area contributed by atoms with Crippen molar-refractivity contribution in [3.05, 3.63) is 29.8 Å². The van der Waals surface area contributed by atoms with E-state index in [1.807, 2.05) is 4.90 Å². The summed E-state index contributed by atoms with van der Waals surface area (Å²) in [6.45, 7) is 3.33. The molecule has 18 heavy (non-hydrogen) atoms. The standard InChI is InChI=1S/C13H19N3O2/c14-13(18)12(10-4-1-2-5-11(10)17)16-8-3-6-15-7-9-16/h1-2,4-5,12,15,17H,3,6-9H2,(H2,14,18). The number of phenols is 1. The Kier molecular flexibility index (Phi) is 4.17. The maximum absolute atomic E-state index is 11.7. The lowest BCUT2D eigenvalue weighted by atomic mass is 10.0. The quantitative estimate of drug-likeness (QED) is 0.716. The van der Waals surface area contributed by atoms with Crippen molar-refractivity contribution in [2.75, 3.05) is 26.2 Å². The molecule has 1 atom stereocenters. The normalized spacial score (nSPS) is 19.1. The van der Waals surface area contributed by atoms with Gasteiger partial charge in [0.25, 0.3) is 0 Å². The average Bonchev–Trinajstić information content (AvgIpc) is 2.60. The molecule has 0 aliphatic carbocycles. The molecule has 1 fully saturated rings. The molecule has 0 saturated carbocycles. The van der Waals surface area contributed by atoms with Crippen LogP contribution in [0.2, 0.25) is 0 Å². The van der Waals surface area contributed by atoms with E-state index in [0.717, 1.165) is 32.6 Å². The first-order valence-corrected chi connectivity index (χ1v) is 6.22. The van der Waals surface area contributed by atoms with Crippen LogP contribution in [0.3, 0.4) is 0 Å². The molecule has 1 amide bonds. The molecular formula is C13H19N3O2. The van der Waals surface area contributed by atoms with Crippen molar-refractivity contribution >= 4 is 5.91 Å². The number of benzene rings is 1. The highest BCUT2D eigenvalue weighted by Crippen LogP contribution is 2.28. The van der Waals surface area contributed by atoms with E-state index in [0.29, 0.717) is 5.56 Å². The van der Waals surface area contributed by atoms with Crippen LogP contribution in [0.1, 0.15) is 18.0 Å². The Balaban J connectivity index is 2.27. The SMILES string of the molecule is NC(=O)C(c1ccccc1O)N1CCCNCC1. The maximum Gasteiger partial charge on any atom is 0.239 e. The first-order valence-electron chi connectivity index (χ1n) is 6.22. The predicted octanol–water partition coefficient (Wildman–Crippen LogP) is 0.214. The Bertz CT molecular complexity index is 414. The summed E-state index contributed by atoms with van der Waals surface area (Å²) < 4.78 is 0. The van der Waals surface area contributed by atoms with Crippen LogP contribution in [0, 0.1) is 0 Å². The number of carbonyl (C=O) groups is 1. The van der Waals surface area contributed by atoms with Gasteiger partial charge in [-0.15, -0.1) is 0 Å². The van der Waals surface area contributed by atoms with E-state index in [4.69, 9.17) is 5.73 Å². The van der Waals surface area contributed by atoms with Crippen molar-refractivity contribution in [3.63, 3.8) is 0 Å². The largest absolute Gasteiger partial charge is 0.508 e. The number of carbonyl (C=O) groups excluding carboxylic acids is 1. The number of hydrogen-bond donors (Lipinski definition) is 3. The topological polar surface area (TPSA) is 78.6 Å². The number of phenolic OH excluding ortho intramolecular Hbond substituents is 1. The van der Waals surface area contributed by atoms with Crippen molar-refractivity contribution in [2.24, 2.45) is 5.73 Å². The molecule has 5 heteroatoms. The van der Waals surface area contributed by atoms with Gasteiger partial charge in [-0.3, -0.25) is 9.69 Å². The molecule has 1 unspecified atom stereocenters. The second kappa shape index (κ2) is 5.84. The van der Waals surface area contributed by atoms with E-state index in [1.165, 1.54) is 0 Å². The number of nitrogens with zero attached hydrogens (tertiary/aromatic N) is 1. The number of nitrogens with one attached hydrogen (secondary N) is 1. The zero-order valence-electron chi connectivity index (χ0n) is 10.3.